The molecule has 0 fully saturated rings. The molecule has 1 N–H and O–H groups in total. The Morgan fingerprint density at radius 2 is 1.41 bits per heavy atom. The van der Waals surface area contributed by atoms with E-state index in [0.29, 0.717) is 6.07 Å². The van der Waals surface area contributed by atoms with Crippen LogP contribution in [-0.2, 0) is 18.2 Å². The van der Waals surface area contributed by atoms with Crippen molar-refractivity contribution in [3.63, 3.8) is 0 Å². The fraction of sp³-hybridized carbons (Fsp3) is 0.333. The zero-order chi connectivity index (χ0) is 13.4. The Bertz CT molecular complexity index is 423. The third kappa shape index (κ3) is 2.96. The fourth-order valence-electron chi connectivity index (χ4n) is 1.23. The van der Waals surface area contributed by atoms with Crippen molar-refractivity contribution in [1.29, 1.82) is 0 Å². The Morgan fingerprint density at radius 1 is 0.941 bits per heavy atom. The van der Waals surface area contributed by atoms with E-state index in [2.05, 4.69) is 0 Å². The van der Waals surface area contributed by atoms with Gasteiger partial charge in [-0.1, -0.05) is 0 Å². The molecule has 0 saturated heterocycles. The van der Waals surface area contributed by atoms with Crippen LogP contribution in [0.15, 0.2) is 12.1 Å². The monoisotopic (exact) mass is 278 g/mol. The molecule has 0 aromatic heterocycles. The Kier molecular flexibility index (Phi) is 3.52. The zero-order valence-corrected chi connectivity index (χ0v) is 8.71. The highest BCUT2D eigenvalue weighted by Gasteiger charge is 2.40. The molecule has 17 heavy (non-hydrogen) atoms. The highest BCUT2D eigenvalue weighted by Crippen LogP contribution is 2.42. The van der Waals surface area contributed by atoms with Crippen molar-refractivity contribution in [2.75, 3.05) is 0 Å². The highest BCUT2D eigenvalue weighted by atomic mass is 35.5. The van der Waals surface area contributed by atoms with Crippen molar-refractivity contribution in [2.45, 2.75) is 18.2 Å². The SMILES string of the molecule is Oc1cc(CCl)c(C(F)(F)F)cc1C(F)(F)F. The van der Waals surface area contributed by atoms with Crippen molar-refractivity contribution in [1.82, 2.24) is 0 Å². The number of hydrogen-bond acceptors (Lipinski definition) is 1. The summed E-state index contributed by atoms with van der Waals surface area (Å²) in [6.45, 7) is 0. The van der Waals surface area contributed by atoms with Gasteiger partial charge in [-0.05, 0) is 17.7 Å². The normalized spacial score (nSPS) is 12.9. The van der Waals surface area contributed by atoms with Gasteiger partial charge in [-0.25, -0.2) is 0 Å². The Hall–Kier alpha value is -1.11. The summed E-state index contributed by atoms with van der Waals surface area (Å²) in [5, 5.41) is 9.00. The van der Waals surface area contributed by atoms with Crippen LogP contribution >= 0.6 is 11.6 Å². The van der Waals surface area contributed by atoms with Gasteiger partial charge in [0.15, 0.2) is 0 Å². The lowest BCUT2D eigenvalue weighted by atomic mass is 10.0. The van der Waals surface area contributed by atoms with Gasteiger partial charge in [0.25, 0.3) is 0 Å². The maximum Gasteiger partial charge on any atom is 0.419 e. The standard InChI is InChI=1S/C9H5ClF6O/c10-3-4-1-7(17)6(9(14,15)16)2-5(4)8(11,12)13/h1-2,17H,3H2. The van der Waals surface area contributed by atoms with E-state index in [1.807, 2.05) is 0 Å². The van der Waals surface area contributed by atoms with E-state index in [1.165, 1.54) is 0 Å². The third-order valence-corrected chi connectivity index (χ3v) is 2.26. The molecule has 1 rings (SSSR count). The van der Waals surface area contributed by atoms with E-state index in [9.17, 15) is 26.3 Å². The Balaban J connectivity index is 3.49. The number of benzene rings is 1. The maximum absolute atomic E-state index is 12.4. The van der Waals surface area contributed by atoms with Gasteiger partial charge in [0.2, 0.25) is 0 Å². The molecular weight excluding hydrogens is 274 g/mol. The Morgan fingerprint density at radius 3 is 1.76 bits per heavy atom. The van der Waals surface area contributed by atoms with Crippen LogP contribution in [0.1, 0.15) is 16.7 Å². The summed E-state index contributed by atoms with van der Waals surface area (Å²) >= 11 is 5.18. The van der Waals surface area contributed by atoms with Gasteiger partial charge in [-0.15, -0.1) is 11.6 Å². The smallest absolute Gasteiger partial charge is 0.419 e. The second kappa shape index (κ2) is 4.29. The molecule has 0 aliphatic rings. The molecule has 0 aliphatic carbocycles. The molecule has 1 aromatic carbocycles. The van der Waals surface area contributed by atoms with E-state index in [1.54, 1.807) is 0 Å². The molecule has 8 heteroatoms. The summed E-state index contributed by atoms with van der Waals surface area (Å²) in [6, 6.07) is 0.228. The molecule has 0 atom stereocenters. The average Bonchev–Trinajstić information content (AvgIpc) is 2.13. The molecule has 0 aliphatic heterocycles. The summed E-state index contributed by atoms with van der Waals surface area (Å²) in [4.78, 5) is 0. The van der Waals surface area contributed by atoms with Gasteiger partial charge in [-0.3, -0.25) is 0 Å². The van der Waals surface area contributed by atoms with Crippen molar-refractivity contribution in [2.24, 2.45) is 0 Å². The van der Waals surface area contributed by atoms with Crippen LogP contribution in [0.5, 0.6) is 5.75 Å². The molecule has 0 saturated carbocycles. The predicted octanol–water partition coefficient (Wildman–Crippen LogP) is 4.17. The van der Waals surface area contributed by atoms with Crippen molar-refractivity contribution in [3.8, 4) is 5.75 Å². The van der Waals surface area contributed by atoms with E-state index < -0.39 is 40.7 Å². The minimum atomic E-state index is -5.06. The van der Waals surface area contributed by atoms with Crippen molar-refractivity contribution < 1.29 is 31.4 Å². The molecule has 0 spiro atoms. The van der Waals surface area contributed by atoms with Crippen molar-refractivity contribution in [3.05, 3.63) is 28.8 Å². The Labute approximate surface area is 96.6 Å². The molecule has 1 nitrogen and oxygen atoms in total. The van der Waals surface area contributed by atoms with Gasteiger partial charge < -0.3 is 5.11 Å². The number of phenolic OH excluding ortho intramolecular Hbond substituents is 1. The van der Waals surface area contributed by atoms with Crippen LogP contribution in [0.3, 0.4) is 0 Å². The first-order chi connectivity index (χ1) is 7.57. The van der Waals surface area contributed by atoms with Crippen LogP contribution < -0.4 is 0 Å². The molecule has 0 bridgehead atoms. The minimum absolute atomic E-state index is 0.146. The number of alkyl halides is 7. The topological polar surface area (TPSA) is 20.2 Å². The van der Waals surface area contributed by atoms with Crippen LogP contribution in [-0.4, -0.2) is 5.11 Å². The summed E-state index contributed by atoms with van der Waals surface area (Å²) in [7, 11) is 0. The summed E-state index contributed by atoms with van der Waals surface area (Å²) in [6.07, 6.45) is -10.0. The summed E-state index contributed by atoms with van der Waals surface area (Å²) in [5.74, 6) is -1.93. The average molecular weight is 279 g/mol. The quantitative estimate of drug-likeness (QED) is 0.604. The second-order valence-electron chi connectivity index (χ2n) is 3.16. The number of halogens is 7. The van der Waals surface area contributed by atoms with Crippen LogP contribution in [0.4, 0.5) is 26.3 Å². The number of hydrogen-bond donors (Lipinski definition) is 1. The zero-order valence-electron chi connectivity index (χ0n) is 7.95. The van der Waals surface area contributed by atoms with Gasteiger partial charge >= 0.3 is 12.4 Å². The maximum atomic E-state index is 12.4. The molecule has 0 heterocycles. The van der Waals surface area contributed by atoms with Gasteiger partial charge in [0, 0.05) is 5.88 Å². The van der Waals surface area contributed by atoms with Gasteiger partial charge in [0.05, 0.1) is 11.1 Å². The second-order valence-corrected chi connectivity index (χ2v) is 3.42. The molecule has 1 aromatic rings. The largest absolute Gasteiger partial charge is 0.507 e. The van der Waals surface area contributed by atoms with E-state index in [-0.39, 0.29) is 6.07 Å². The van der Waals surface area contributed by atoms with Crippen LogP contribution in [0.25, 0.3) is 0 Å². The molecule has 0 unspecified atom stereocenters. The van der Waals surface area contributed by atoms with E-state index in [0.717, 1.165) is 0 Å². The van der Waals surface area contributed by atoms with Crippen LogP contribution in [0, 0.1) is 0 Å². The first-order valence-electron chi connectivity index (χ1n) is 4.13. The van der Waals surface area contributed by atoms with Gasteiger partial charge in [-0.2, -0.15) is 26.3 Å². The third-order valence-electron chi connectivity index (χ3n) is 1.98. The summed E-state index contributed by atoms with van der Waals surface area (Å²) < 4.78 is 74.2. The summed E-state index contributed by atoms with van der Waals surface area (Å²) in [5.41, 5.74) is -3.85. The van der Waals surface area contributed by atoms with E-state index >= 15 is 0 Å². The lowest BCUT2D eigenvalue weighted by Crippen LogP contribution is -2.13. The van der Waals surface area contributed by atoms with Gasteiger partial charge in [0.1, 0.15) is 5.75 Å². The van der Waals surface area contributed by atoms with E-state index in [4.69, 9.17) is 16.7 Å². The molecule has 96 valence electrons. The number of aromatic hydroxyl groups is 1. The minimum Gasteiger partial charge on any atom is -0.507 e. The predicted molar refractivity (Wildman–Crippen MR) is 47.7 cm³/mol. The number of phenols is 1. The molecular formula is C9H5ClF6O. The first-order valence-corrected chi connectivity index (χ1v) is 4.67. The lowest BCUT2D eigenvalue weighted by molar-refractivity contribution is -0.144. The fourth-order valence-corrected chi connectivity index (χ4v) is 1.45. The molecule has 0 amide bonds. The highest BCUT2D eigenvalue weighted by molar-refractivity contribution is 6.17. The molecule has 0 radical (unpaired) electrons. The van der Waals surface area contributed by atoms with Crippen LogP contribution in [0.2, 0.25) is 0 Å². The van der Waals surface area contributed by atoms with Crippen molar-refractivity contribution >= 4 is 11.6 Å². The number of rotatable bonds is 1. The lowest BCUT2D eigenvalue weighted by Gasteiger charge is -2.16. The first kappa shape index (κ1) is 14.0.